The van der Waals surface area contributed by atoms with Crippen molar-refractivity contribution in [1.29, 1.82) is 0 Å². The van der Waals surface area contributed by atoms with Crippen molar-refractivity contribution >= 4 is 17.6 Å². The smallest absolute Gasteiger partial charge is 0.309 e. The molecule has 2 aromatic rings. The van der Waals surface area contributed by atoms with E-state index in [1.165, 1.54) is 6.20 Å². The average molecular weight is 285 g/mol. The molecule has 1 amide bonds. The number of aryl methyl sites for hydroxylation is 2. The van der Waals surface area contributed by atoms with Crippen LogP contribution in [-0.4, -0.2) is 27.0 Å². The summed E-state index contributed by atoms with van der Waals surface area (Å²) in [6, 6.07) is 6.69. The van der Waals surface area contributed by atoms with Crippen LogP contribution in [0.25, 0.3) is 0 Å². The molecule has 0 bridgehead atoms. The Kier molecular flexibility index (Phi) is 4.27. The van der Waals surface area contributed by atoms with Gasteiger partial charge in [-0.3, -0.25) is 19.6 Å². The van der Waals surface area contributed by atoms with E-state index < -0.39 is 5.97 Å². The second-order valence-electron chi connectivity index (χ2n) is 4.65. The second-order valence-corrected chi connectivity index (χ2v) is 4.65. The predicted octanol–water partition coefficient (Wildman–Crippen LogP) is 1.97. The van der Waals surface area contributed by atoms with Crippen molar-refractivity contribution < 1.29 is 14.7 Å². The van der Waals surface area contributed by atoms with E-state index in [0.717, 1.165) is 5.69 Å². The third-order valence-corrected chi connectivity index (χ3v) is 2.88. The van der Waals surface area contributed by atoms with Gasteiger partial charge in [0, 0.05) is 5.69 Å². The SMILES string of the molecule is Cc1ccc(C(=O)Nc2ccc(CC(=O)O)nc2)c(C)n1. The molecule has 0 atom stereocenters. The number of rotatable bonds is 4. The number of hydrogen-bond donors (Lipinski definition) is 2. The first-order valence-electron chi connectivity index (χ1n) is 6.38. The minimum absolute atomic E-state index is 0.144. The van der Waals surface area contributed by atoms with Crippen LogP contribution >= 0.6 is 0 Å². The van der Waals surface area contributed by atoms with Crippen LogP contribution in [-0.2, 0) is 11.2 Å². The van der Waals surface area contributed by atoms with Crippen LogP contribution in [0, 0.1) is 13.8 Å². The molecule has 0 spiro atoms. The standard InChI is InChI=1S/C15H15N3O3/c1-9-3-6-13(10(2)17-9)15(21)18-12-5-4-11(16-8-12)7-14(19)20/h3-6,8H,7H2,1-2H3,(H,18,21)(H,19,20). The Hall–Kier alpha value is -2.76. The monoisotopic (exact) mass is 285 g/mol. The van der Waals surface area contributed by atoms with Gasteiger partial charge in [-0.1, -0.05) is 0 Å². The summed E-state index contributed by atoms with van der Waals surface area (Å²) >= 11 is 0. The number of carboxylic acid groups (broad SMARTS) is 1. The summed E-state index contributed by atoms with van der Waals surface area (Å²) in [5.41, 5.74) is 2.95. The van der Waals surface area contributed by atoms with Crippen LogP contribution in [0.3, 0.4) is 0 Å². The van der Waals surface area contributed by atoms with Gasteiger partial charge in [0.05, 0.1) is 35.3 Å². The maximum absolute atomic E-state index is 12.1. The van der Waals surface area contributed by atoms with Crippen LogP contribution in [0.15, 0.2) is 30.5 Å². The van der Waals surface area contributed by atoms with Gasteiger partial charge in [-0.05, 0) is 38.1 Å². The highest BCUT2D eigenvalue weighted by molar-refractivity contribution is 6.04. The highest BCUT2D eigenvalue weighted by Gasteiger charge is 2.10. The Balaban J connectivity index is 2.10. The largest absolute Gasteiger partial charge is 0.481 e. The Bertz CT molecular complexity index is 681. The lowest BCUT2D eigenvalue weighted by Crippen LogP contribution is -2.14. The number of nitrogens with zero attached hydrogens (tertiary/aromatic N) is 2. The molecule has 0 aliphatic carbocycles. The lowest BCUT2D eigenvalue weighted by atomic mass is 10.1. The molecule has 6 nitrogen and oxygen atoms in total. The molecule has 108 valence electrons. The predicted molar refractivity (Wildman–Crippen MR) is 77.2 cm³/mol. The first-order chi connectivity index (χ1) is 9.95. The van der Waals surface area contributed by atoms with Crippen molar-refractivity contribution in [2.24, 2.45) is 0 Å². The topological polar surface area (TPSA) is 92.2 Å². The van der Waals surface area contributed by atoms with Gasteiger partial charge in [0.1, 0.15) is 0 Å². The summed E-state index contributed by atoms with van der Waals surface area (Å²) in [4.78, 5) is 30.9. The Morgan fingerprint density at radius 1 is 1.19 bits per heavy atom. The van der Waals surface area contributed by atoms with Crippen molar-refractivity contribution in [3.05, 3.63) is 53.1 Å². The molecule has 0 saturated carbocycles. The molecule has 0 aromatic carbocycles. The van der Waals surface area contributed by atoms with Gasteiger partial charge in [0.15, 0.2) is 0 Å². The fraction of sp³-hybridized carbons (Fsp3) is 0.200. The van der Waals surface area contributed by atoms with Gasteiger partial charge in [0.2, 0.25) is 0 Å². The van der Waals surface area contributed by atoms with Gasteiger partial charge in [-0.2, -0.15) is 0 Å². The summed E-state index contributed by atoms with van der Waals surface area (Å²) < 4.78 is 0. The lowest BCUT2D eigenvalue weighted by Gasteiger charge is -2.08. The fourth-order valence-corrected chi connectivity index (χ4v) is 1.88. The molecule has 21 heavy (non-hydrogen) atoms. The summed E-state index contributed by atoms with van der Waals surface area (Å²) in [6.45, 7) is 3.63. The van der Waals surface area contributed by atoms with Gasteiger partial charge in [0.25, 0.3) is 5.91 Å². The van der Waals surface area contributed by atoms with Crippen LogP contribution in [0.4, 0.5) is 5.69 Å². The second kappa shape index (κ2) is 6.13. The van der Waals surface area contributed by atoms with Gasteiger partial charge >= 0.3 is 5.97 Å². The molecule has 0 aliphatic rings. The maximum atomic E-state index is 12.1. The van der Waals surface area contributed by atoms with Crippen molar-refractivity contribution in [3.8, 4) is 0 Å². The number of hydrogen-bond acceptors (Lipinski definition) is 4. The van der Waals surface area contributed by atoms with Crippen molar-refractivity contribution in [2.75, 3.05) is 5.32 Å². The summed E-state index contributed by atoms with van der Waals surface area (Å²) in [5, 5.41) is 11.4. The molecule has 0 aliphatic heterocycles. The third-order valence-electron chi connectivity index (χ3n) is 2.88. The number of amides is 1. The molecule has 0 radical (unpaired) electrons. The maximum Gasteiger partial charge on any atom is 0.309 e. The number of nitrogens with one attached hydrogen (secondary N) is 1. The number of aromatic nitrogens is 2. The molecule has 0 saturated heterocycles. The van der Waals surface area contributed by atoms with E-state index in [-0.39, 0.29) is 12.3 Å². The fourth-order valence-electron chi connectivity index (χ4n) is 1.88. The van der Waals surface area contributed by atoms with E-state index >= 15 is 0 Å². The van der Waals surface area contributed by atoms with E-state index in [2.05, 4.69) is 15.3 Å². The number of carbonyl (C=O) groups excluding carboxylic acids is 1. The molecular weight excluding hydrogens is 270 g/mol. The van der Waals surface area contributed by atoms with Crippen LogP contribution < -0.4 is 5.32 Å². The Labute approximate surface area is 121 Å². The van der Waals surface area contributed by atoms with E-state index in [0.29, 0.717) is 22.6 Å². The molecule has 2 rings (SSSR count). The number of carboxylic acids is 1. The number of pyridine rings is 2. The van der Waals surface area contributed by atoms with Gasteiger partial charge in [-0.25, -0.2) is 0 Å². The van der Waals surface area contributed by atoms with Crippen molar-refractivity contribution in [2.45, 2.75) is 20.3 Å². The zero-order valence-electron chi connectivity index (χ0n) is 11.8. The third kappa shape index (κ3) is 3.85. The van der Waals surface area contributed by atoms with Crippen molar-refractivity contribution in [3.63, 3.8) is 0 Å². The minimum atomic E-state index is -0.944. The average Bonchev–Trinajstić information content (AvgIpc) is 2.40. The molecule has 6 heteroatoms. The van der Waals surface area contributed by atoms with E-state index in [1.807, 2.05) is 6.92 Å². The molecular formula is C15H15N3O3. The number of carbonyl (C=O) groups is 2. The molecule has 2 N–H and O–H groups in total. The van der Waals surface area contributed by atoms with Crippen LogP contribution in [0.2, 0.25) is 0 Å². The number of anilines is 1. The lowest BCUT2D eigenvalue weighted by molar-refractivity contribution is -0.136. The summed E-state index contributed by atoms with van der Waals surface area (Å²) in [7, 11) is 0. The van der Waals surface area contributed by atoms with E-state index in [1.54, 1.807) is 31.2 Å². The summed E-state index contributed by atoms with van der Waals surface area (Å²) in [5.74, 6) is -1.21. The molecule has 2 aromatic heterocycles. The van der Waals surface area contributed by atoms with Crippen LogP contribution in [0.5, 0.6) is 0 Å². The van der Waals surface area contributed by atoms with Gasteiger partial charge in [-0.15, -0.1) is 0 Å². The zero-order chi connectivity index (χ0) is 15.4. The highest BCUT2D eigenvalue weighted by Crippen LogP contribution is 2.12. The Morgan fingerprint density at radius 2 is 1.95 bits per heavy atom. The van der Waals surface area contributed by atoms with E-state index in [9.17, 15) is 9.59 Å². The molecule has 0 fully saturated rings. The molecule has 2 heterocycles. The number of aliphatic carboxylic acids is 1. The first-order valence-corrected chi connectivity index (χ1v) is 6.38. The van der Waals surface area contributed by atoms with Crippen molar-refractivity contribution in [1.82, 2.24) is 9.97 Å². The summed E-state index contributed by atoms with van der Waals surface area (Å²) in [6.07, 6.45) is 1.29. The molecule has 0 unspecified atom stereocenters. The highest BCUT2D eigenvalue weighted by atomic mass is 16.4. The normalized spacial score (nSPS) is 10.2. The Morgan fingerprint density at radius 3 is 2.52 bits per heavy atom. The van der Waals surface area contributed by atoms with Crippen LogP contribution in [0.1, 0.15) is 27.4 Å². The van der Waals surface area contributed by atoms with E-state index in [4.69, 9.17) is 5.11 Å². The van der Waals surface area contributed by atoms with Gasteiger partial charge < -0.3 is 10.4 Å². The minimum Gasteiger partial charge on any atom is -0.481 e. The first kappa shape index (κ1) is 14.6. The zero-order valence-corrected chi connectivity index (χ0v) is 11.8. The quantitative estimate of drug-likeness (QED) is 0.896.